The van der Waals surface area contributed by atoms with Gasteiger partial charge in [-0.1, -0.05) is 30.7 Å². The van der Waals surface area contributed by atoms with Gasteiger partial charge in [0.1, 0.15) is 0 Å². The predicted octanol–water partition coefficient (Wildman–Crippen LogP) is 2.67. The van der Waals surface area contributed by atoms with E-state index in [4.69, 9.17) is 0 Å². The van der Waals surface area contributed by atoms with E-state index in [0.717, 1.165) is 6.42 Å². The number of allylic oxidation sites excluding steroid dienone is 3. The Morgan fingerprint density at radius 3 is 3.08 bits per heavy atom. The number of aliphatic hydroxyl groups excluding tert-OH is 1. The zero-order valence-electron chi connectivity index (χ0n) is 8.46. The maximum absolute atomic E-state index is 9.57. The number of aliphatic hydroxyl groups is 1. The molecule has 3 unspecified atom stereocenters. The quantitative estimate of drug-likeness (QED) is 0.565. The maximum atomic E-state index is 9.57. The average molecular weight is 178 g/mol. The molecule has 0 aromatic heterocycles. The summed E-state index contributed by atoms with van der Waals surface area (Å²) in [5, 5.41) is 9.57. The number of hydrogen-bond acceptors (Lipinski definition) is 1. The summed E-state index contributed by atoms with van der Waals surface area (Å²) in [6.45, 7) is 4.52. The minimum atomic E-state index is -0.223. The lowest BCUT2D eigenvalue weighted by Crippen LogP contribution is -2.35. The van der Waals surface area contributed by atoms with Crippen LogP contribution in [0.5, 0.6) is 0 Å². The fourth-order valence-corrected chi connectivity index (χ4v) is 2.75. The molecule has 1 nitrogen and oxygen atoms in total. The van der Waals surface area contributed by atoms with Crippen LogP contribution in [0.15, 0.2) is 23.8 Å². The average Bonchev–Trinajstić information content (AvgIpc) is 2.08. The molecule has 1 N–H and O–H groups in total. The van der Waals surface area contributed by atoms with E-state index < -0.39 is 0 Å². The van der Waals surface area contributed by atoms with Crippen LogP contribution in [0.4, 0.5) is 0 Å². The van der Waals surface area contributed by atoms with E-state index >= 15 is 0 Å². The Bertz CT molecular complexity index is 264. The number of rotatable bonds is 0. The van der Waals surface area contributed by atoms with Gasteiger partial charge in [-0.05, 0) is 37.5 Å². The van der Waals surface area contributed by atoms with Gasteiger partial charge < -0.3 is 5.11 Å². The maximum Gasteiger partial charge on any atom is 0.0727 e. The van der Waals surface area contributed by atoms with Crippen molar-refractivity contribution >= 4 is 0 Å². The van der Waals surface area contributed by atoms with Crippen molar-refractivity contribution in [2.75, 3.05) is 0 Å². The van der Waals surface area contributed by atoms with E-state index in [1.807, 2.05) is 6.08 Å². The highest BCUT2D eigenvalue weighted by Crippen LogP contribution is 2.47. The van der Waals surface area contributed by atoms with Crippen LogP contribution in [-0.4, -0.2) is 11.2 Å². The second kappa shape index (κ2) is 2.98. The van der Waals surface area contributed by atoms with E-state index in [1.165, 1.54) is 18.4 Å². The van der Waals surface area contributed by atoms with Gasteiger partial charge in [-0.25, -0.2) is 0 Å². The van der Waals surface area contributed by atoms with E-state index in [0.29, 0.717) is 11.3 Å². The second-order valence-corrected chi connectivity index (χ2v) is 4.71. The molecule has 0 saturated carbocycles. The molecule has 0 bridgehead atoms. The highest BCUT2D eigenvalue weighted by Gasteiger charge is 2.38. The number of hydrogen-bond donors (Lipinski definition) is 1. The van der Waals surface area contributed by atoms with Gasteiger partial charge in [-0.2, -0.15) is 0 Å². The predicted molar refractivity (Wildman–Crippen MR) is 54.4 cm³/mol. The van der Waals surface area contributed by atoms with Gasteiger partial charge in [0.15, 0.2) is 0 Å². The standard InChI is InChI=1S/C12H18O/c1-9-4-3-6-12(2)7-5-10(13)8-11(9)12/h4-5,7,10-11,13H,3,6,8H2,1-2H3. The molecule has 0 aliphatic heterocycles. The fraction of sp³-hybridized carbons (Fsp3) is 0.667. The minimum Gasteiger partial charge on any atom is -0.389 e. The smallest absolute Gasteiger partial charge is 0.0727 e. The van der Waals surface area contributed by atoms with E-state index in [1.54, 1.807) is 0 Å². The minimum absolute atomic E-state index is 0.223. The lowest BCUT2D eigenvalue weighted by atomic mass is 9.63. The molecule has 0 aromatic carbocycles. The van der Waals surface area contributed by atoms with Crippen LogP contribution in [0, 0.1) is 11.3 Å². The van der Waals surface area contributed by atoms with Gasteiger partial charge in [0, 0.05) is 0 Å². The molecule has 0 radical (unpaired) electrons. The Kier molecular flexibility index (Phi) is 2.07. The molecule has 2 aliphatic rings. The first-order chi connectivity index (χ1) is 6.12. The molecule has 0 aromatic rings. The van der Waals surface area contributed by atoms with Crippen LogP contribution in [0.2, 0.25) is 0 Å². The third kappa shape index (κ3) is 1.46. The summed E-state index contributed by atoms with van der Waals surface area (Å²) >= 11 is 0. The molecule has 13 heavy (non-hydrogen) atoms. The molecule has 0 saturated heterocycles. The normalized spacial score (nSPS) is 44.1. The van der Waals surface area contributed by atoms with Crippen LogP contribution < -0.4 is 0 Å². The Hall–Kier alpha value is -0.560. The Balaban J connectivity index is 2.32. The van der Waals surface area contributed by atoms with Crippen molar-refractivity contribution in [2.45, 2.75) is 39.2 Å². The molecule has 72 valence electrons. The van der Waals surface area contributed by atoms with Crippen molar-refractivity contribution in [3.63, 3.8) is 0 Å². The molecule has 2 rings (SSSR count). The van der Waals surface area contributed by atoms with Gasteiger partial charge in [-0.15, -0.1) is 0 Å². The van der Waals surface area contributed by atoms with Gasteiger partial charge in [0.05, 0.1) is 6.10 Å². The first-order valence-corrected chi connectivity index (χ1v) is 5.16. The Morgan fingerprint density at radius 2 is 2.31 bits per heavy atom. The zero-order valence-corrected chi connectivity index (χ0v) is 8.46. The summed E-state index contributed by atoms with van der Waals surface area (Å²) < 4.78 is 0. The van der Waals surface area contributed by atoms with Gasteiger partial charge in [0.2, 0.25) is 0 Å². The molecular formula is C12H18O. The number of fused-ring (bicyclic) bond motifs is 1. The van der Waals surface area contributed by atoms with Crippen LogP contribution in [0.3, 0.4) is 0 Å². The van der Waals surface area contributed by atoms with Gasteiger partial charge in [0.25, 0.3) is 0 Å². The van der Waals surface area contributed by atoms with E-state index in [2.05, 4.69) is 26.0 Å². The van der Waals surface area contributed by atoms with Crippen molar-refractivity contribution in [3.05, 3.63) is 23.8 Å². The van der Waals surface area contributed by atoms with E-state index in [-0.39, 0.29) is 6.10 Å². The molecule has 1 heteroatoms. The summed E-state index contributed by atoms with van der Waals surface area (Å²) in [5.74, 6) is 0.571. The second-order valence-electron chi connectivity index (χ2n) is 4.71. The van der Waals surface area contributed by atoms with Crippen molar-refractivity contribution in [1.29, 1.82) is 0 Å². The van der Waals surface area contributed by atoms with Crippen molar-refractivity contribution < 1.29 is 5.11 Å². The van der Waals surface area contributed by atoms with Crippen LogP contribution >= 0.6 is 0 Å². The van der Waals surface area contributed by atoms with E-state index in [9.17, 15) is 5.11 Å². The van der Waals surface area contributed by atoms with Crippen molar-refractivity contribution in [3.8, 4) is 0 Å². The van der Waals surface area contributed by atoms with Gasteiger partial charge in [-0.3, -0.25) is 0 Å². The molecule has 0 spiro atoms. The monoisotopic (exact) mass is 178 g/mol. The highest BCUT2D eigenvalue weighted by atomic mass is 16.3. The summed E-state index contributed by atoms with van der Waals surface area (Å²) in [5.41, 5.74) is 1.79. The topological polar surface area (TPSA) is 20.2 Å². The summed E-state index contributed by atoms with van der Waals surface area (Å²) in [6.07, 6.45) is 9.64. The highest BCUT2D eigenvalue weighted by molar-refractivity contribution is 5.22. The SMILES string of the molecule is CC1=CCCC2(C)C=CC(O)CC12. The summed E-state index contributed by atoms with van der Waals surface area (Å²) in [7, 11) is 0. The zero-order chi connectivity index (χ0) is 9.47. The Labute approximate surface area is 80.2 Å². The molecule has 2 aliphatic carbocycles. The summed E-state index contributed by atoms with van der Waals surface area (Å²) in [4.78, 5) is 0. The molecule has 0 fully saturated rings. The lowest BCUT2D eigenvalue weighted by Gasteiger charge is -2.42. The molecular weight excluding hydrogens is 160 g/mol. The van der Waals surface area contributed by atoms with Crippen molar-refractivity contribution in [2.24, 2.45) is 11.3 Å². The lowest BCUT2D eigenvalue weighted by molar-refractivity contribution is 0.128. The largest absolute Gasteiger partial charge is 0.389 e. The fourth-order valence-electron chi connectivity index (χ4n) is 2.75. The first-order valence-electron chi connectivity index (χ1n) is 5.16. The molecule has 3 atom stereocenters. The third-order valence-corrected chi connectivity index (χ3v) is 3.67. The van der Waals surface area contributed by atoms with Crippen molar-refractivity contribution in [1.82, 2.24) is 0 Å². The summed E-state index contributed by atoms with van der Waals surface area (Å²) in [6, 6.07) is 0. The van der Waals surface area contributed by atoms with Crippen LogP contribution in [0.1, 0.15) is 33.1 Å². The molecule has 0 heterocycles. The molecule has 0 amide bonds. The van der Waals surface area contributed by atoms with Crippen LogP contribution in [0.25, 0.3) is 0 Å². The first kappa shape index (κ1) is 9.01. The van der Waals surface area contributed by atoms with Crippen LogP contribution in [-0.2, 0) is 0 Å². The Morgan fingerprint density at radius 1 is 1.54 bits per heavy atom. The van der Waals surface area contributed by atoms with Gasteiger partial charge >= 0.3 is 0 Å². The third-order valence-electron chi connectivity index (χ3n) is 3.67.